The van der Waals surface area contributed by atoms with Gasteiger partial charge in [-0.3, -0.25) is 4.98 Å². The van der Waals surface area contributed by atoms with Crippen molar-refractivity contribution in [3.8, 4) is 0 Å². The molecule has 12 heavy (non-hydrogen) atoms. The van der Waals surface area contributed by atoms with E-state index in [0.717, 1.165) is 11.6 Å². The molecular formula is C11H13N. The number of hydrogen-bond donors (Lipinski definition) is 0. The fraction of sp³-hybridized carbons (Fsp3) is 0.364. The topological polar surface area (TPSA) is 12.9 Å². The Hall–Kier alpha value is -1.11. The van der Waals surface area contributed by atoms with Crippen molar-refractivity contribution in [1.82, 2.24) is 4.98 Å². The number of aromatic nitrogens is 1. The molecule has 1 aromatic heterocycles. The van der Waals surface area contributed by atoms with Gasteiger partial charge < -0.3 is 0 Å². The molecule has 0 bridgehead atoms. The second-order valence-corrected chi connectivity index (χ2v) is 3.49. The van der Waals surface area contributed by atoms with Gasteiger partial charge >= 0.3 is 0 Å². The summed E-state index contributed by atoms with van der Waals surface area (Å²) in [4.78, 5) is 4.16. The molecule has 0 amide bonds. The number of pyridine rings is 1. The number of allylic oxidation sites excluding steroid dienone is 1. The van der Waals surface area contributed by atoms with E-state index in [2.05, 4.69) is 17.6 Å². The SMILES string of the molecule is C=C(c1ccnc(C)c1)C1CC1. The van der Waals surface area contributed by atoms with E-state index in [1.165, 1.54) is 24.0 Å². The standard InChI is InChI=1S/C11H13N/c1-8-7-11(5-6-12-8)9(2)10-3-4-10/h5-7,10H,2-4H2,1H3. The summed E-state index contributed by atoms with van der Waals surface area (Å²) in [5.74, 6) is 0.756. The Morgan fingerprint density at radius 1 is 1.58 bits per heavy atom. The molecule has 0 spiro atoms. The van der Waals surface area contributed by atoms with Crippen molar-refractivity contribution in [3.05, 3.63) is 36.2 Å². The molecule has 0 atom stereocenters. The maximum atomic E-state index is 4.16. The predicted molar refractivity (Wildman–Crippen MR) is 50.7 cm³/mol. The molecule has 1 aliphatic rings. The summed E-state index contributed by atoms with van der Waals surface area (Å²) in [5.41, 5.74) is 3.64. The highest BCUT2D eigenvalue weighted by molar-refractivity contribution is 5.66. The Balaban J connectivity index is 2.26. The Morgan fingerprint density at radius 2 is 2.33 bits per heavy atom. The number of nitrogens with zero attached hydrogens (tertiary/aromatic N) is 1. The molecule has 1 aliphatic carbocycles. The molecule has 1 nitrogen and oxygen atoms in total. The van der Waals surface area contributed by atoms with Crippen molar-refractivity contribution in [2.24, 2.45) is 5.92 Å². The second-order valence-electron chi connectivity index (χ2n) is 3.49. The highest BCUT2D eigenvalue weighted by Gasteiger charge is 2.25. The molecule has 1 heteroatoms. The van der Waals surface area contributed by atoms with Crippen molar-refractivity contribution in [3.63, 3.8) is 0 Å². The first-order valence-corrected chi connectivity index (χ1v) is 4.39. The van der Waals surface area contributed by atoms with Gasteiger partial charge in [-0.2, -0.15) is 0 Å². The van der Waals surface area contributed by atoms with Gasteiger partial charge in [0.2, 0.25) is 0 Å². The lowest BCUT2D eigenvalue weighted by Gasteiger charge is -2.03. The first-order chi connectivity index (χ1) is 5.77. The number of rotatable bonds is 2. The molecule has 1 fully saturated rings. The summed E-state index contributed by atoms with van der Waals surface area (Å²) in [6, 6.07) is 4.16. The van der Waals surface area contributed by atoms with Crippen molar-refractivity contribution in [1.29, 1.82) is 0 Å². The van der Waals surface area contributed by atoms with E-state index in [-0.39, 0.29) is 0 Å². The molecule has 0 radical (unpaired) electrons. The first-order valence-electron chi connectivity index (χ1n) is 4.39. The summed E-state index contributed by atoms with van der Waals surface area (Å²) < 4.78 is 0. The summed E-state index contributed by atoms with van der Waals surface area (Å²) >= 11 is 0. The van der Waals surface area contributed by atoms with Gasteiger partial charge in [0.1, 0.15) is 0 Å². The summed E-state index contributed by atoms with van der Waals surface area (Å²) in [6.45, 7) is 6.12. The maximum absolute atomic E-state index is 4.16. The lowest BCUT2D eigenvalue weighted by Crippen LogP contribution is -1.87. The number of hydrogen-bond acceptors (Lipinski definition) is 1. The van der Waals surface area contributed by atoms with Crippen LogP contribution in [-0.4, -0.2) is 4.98 Å². The molecule has 0 N–H and O–H groups in total. The van der Waals surface area contributed by atoms with Crippen LogP contribution in [0.1, 0.15) is 24.1 Å². The molecular weight excluding hydrogens is 146 g/mol. The zero-order chi connectivity index (χ0) is 8.55. The van der Waals surface area contributed by atoms with Crippen molar-refractivity contribution < 1.29 is 0 Å². The van der Waals surface area contributed by atoms with Crippen LogP contribution < -0.4 is 0 Å². The van der Waals surface area contributed by atoms with Crippen LogP contribution in [-0.2, 0) is 0 Å². The van der Waals surface area contributed by atoms with Gasteiger partial charge in [-0.15, -0.1) is 0 Å². The first kappa shape index (κ1) is 7.53. The average Bonchev–Trinajstić information content (AvgIpc) is 2.85. The molecule has 1 heterocycles. The quantitative estimate of drug-likeness (QED) is 0.646. The third-order valence-corrected chi connectivity index (χ3v) is 2.34. The third kappa shape index (κ3) is 1.40. The fourth-order valence-corrected chi connectivity index (χ4v) is 1.41. The molecule has 62 valence electrons. The summed E-state index contributed by atoms with van der Waals surface area (Å²) in [5, 5.41) is 0. The van der Waals surface area contributed by atoms with Gasteiger partial charge in [0.05, 0.1) is 0 Å². The van der Waals surface area contributed by atoms with Crippen LogP contribution in [0.3, 0.4) is 0 Å². The van der Waals surface area contributed by atoms with Crippen LogP contribution in [0.4, 0.5) is 0 Å². The molecule has 2 rings (SSSR count). The lowest BCUT2D eigenvalue weighted by atomic mass is 10.0. The van der Waals surface area contributed by atoms with E-state index in [0.29, 0.717) is 0 Å². The van der Waals surface area contributed by atoms with Crippen LogP contribution in [0.2, 0.25) is 0 Å². The Kier molecular flexibility index (Phi) is 1.72. The molecule has 0 aliphatic heterocycles. The van der Waals surface area contributed by atoms with E-state index in [9.17, 15) is 0 Å². The minimum atomic E-state index is 0.756. The van der Waals surface area contributed by atoms with Crippen LogP contribution in [0.15, 0.2) is 24.9 Å². The lowest BCUT2D eigenvalue weighted by molar-refractivity contribution is 1.13. The Labute approximate surface area is 73.1 Å². The zero-order valence-electron chi connectivity index (χ0n) is 7.38. The zero-order valence-corrected chi connectivity index (χ0v) is 7.38. The normalized spacial score (nSPS) is 16.1. The van der Waals surface area contributed by atoms with Crippen LogP contribution >= 0.6 is 0 Å². The molecule has 0 unspecified atom stereocenters. The summed E-state index contributed by atoms with van der Waals surface area (Å²) in [6.07, 6.45) is 4.50. The van der Waals surface area contributed by atoms with E-state index in [1.54, 1.807) is 0 Å². The van der Waals surface area contributed by atoms with Gasteiger partial charge in [-0.25, -0.2) is 0 Å². The van der Waals surface area contributed by atoms with Crippen molar-refractivity contribution in [2.45, 2.75) is 19.8 Å². The van der Waals surface area contributed by atoms with E-state index < -0.39 is 0 Å². The van der Waals surface area contributed by atoms with Crippen LogP contribution in [0, 0.1) is 12.8 Å². The average molecular weight is 159 g/mol. The van der Waals surface area contributed by atoms with Gasteiger partial charge in [0.15, 0.2) is 0 Å². The highest BCUT2D eigenvalue weighted by Crippen LogP contribution is 2.40. The van der Waals surface area contributed by atoms with Crippen molar-refractivity contribution in [2.75, 3.05) is 0 Å². The van der Waals surface area contributed by atoms with Gasteiger partial charge in [-0.05, 0) is 49.0 Å². The molecule has 0 saturated heterocycles. The van der Waals surface area contributed by atoms with Gasteiger partial charge in [0.25, 0.3) is 0 Å². The third-order valence-electron chi connectivity index (χ3n) is 2.34. The minimum absolute atomic E-state index is 0.756. The largest absolute Gasteiger partial charge is 0.262 e. The maximum Gasteiger partial charge on any atom is 0.0378 e. The highest BCUT2D eigenvalue weighted by atomic mass is 14.6. The van der Waals surface area contributed by atoms with E-state index >= 15 is 0 Å². The van der Waals surface area contributed by atoms with Crippen LogP contribution in [0.25, 0.3) is 5.57 Å². The fourth-order valence-electron chi connectivity index (χ4n) is 1.41. The number of aryl methyl sites for hydroxylation is 1. The van der Waals surface area contributed by atoms with E-state index in [1.807, 2.05) is 19.2 Å². The molecule has 1 saturated carbocycles. The predicted octanol–water partition coefficient (Wildman–Crippen LogP) is 2.81. The molecule has 0 aromatic carbocycles. The second kappa shape index (κ2) is 2.74. The Morgan fingerprint density at radius 3 is 2.92 bits per heavy atom. The summed E-state index contributed by atoms with van der Waals surface area (Å²) in [7, 11) is 0. The molecule has 1 aromatic rings. The van der Waals surface area contributed by atoms with Crippen molar-refractivity contribution >= 4 is 5.57 Å². The monoisotopic (exact) mass is 159 g/mol. The Bertz CT molecular complexity index is 311. The minimum Gasteiger partial charge on any atom is -0.262 e. The smallest absolute Gasteiger partial charge is 0.0378 e. The van der Waals surface area contributed by atoms with E-state index in [4.69, 9.17) is 0 Å². The van der Waals surface area contributed by atoms with Gasteiger partial charge in [0, 0.05) is 11.9 Å². The van der Waals surface area contributed by atoms with Gasteiger partial charge in [-0.1, -0.05) is 6.58 Å². The van der Waals surface area contributed by atoms with Crippen LogP contribution in [0.5, 0.6) is 0 Å².